The molecule has 2 aliphatic carbocycles. The van der Waals surface area contributed by atoms with Gasteiger partial charge in [0.25, 0.3) is 0 Å². The summed E-state index contributed by atoms with van der Waals surface area (Å²) < 4.78 is 0.927. The lowest BCUT2D eigenvalue weighted by atomic mass is 9.86. The molecule has 3 nitrogen and oxygen atoms in total. The molecule has 0 saturated heterocycles. The molecule has 4 heteroatoms. The van der Waals surface area contributed by atoms with Crippen LogP contribution < -0.4 is 11.1 Å². The van der Waals surface area contributed by atoms with Gasteiger partial charge in [0.15, 0.2) is 0 Å². The second-order valence-corrected chi connectivity index (χ2v) is 6.83. The summed E-state index contributed by atoms with van der Waals surface area (Å²) in [5.41, 5.74) is 7.22. The Labute approximate surface area is 122 Å². The Morgan fingerprint density at radius 1 is 1.37 bits per heavy atom. The Hall–Kier alpha value is -1.03. The fraction of sp³-hybridized carbons (Fsp3) is 0.533. The second kappa shape index (κ2) is 5.16. The monoisotopic (exact) mass is 322 g/mol. The highest BCUT2D eigenvalue weighted by Crippen LogP contribution is 2.49. The highest BCUT2D eigenvalue weighted by atomic mass is 79.9. The van der Waals surface area contributed by atoms with Crippen LogP contribution >= 0.6 is 15.9 Å². The number of nitrogens with two attached hydrogens (primary N) is 1. The van der Waals surface area contributed by atoms with Crippen molar-refractivity contribution in [3.63, 3.8) is 0 Å². The molecule has 2 aliphatic rings. The van der Waals surface area contributed by atoms with Crippen molar-refractivity contribution >= 4 is 33.2 Å². The third kappa shape index (κ3) is 2.78. The van der Waals surface area contributed by atoms with Crippen LogP contribution in [0.4, 0.5) is 11.4 Å². The highest BCUT2D eigenvalue weighted by Gasteiger charge is 2.40. The maximum absolute atomic E-state index is 12.1. The number of halogens is 1. The molecule has 0 aromatic heterocycles. The largest absolute Gasteiger partial charge is 0.397 e. The molecule has 0 spiro atoms. The summed E-state index contributed by atoms with van der Waals surface area (Å²) in [5, 5.41) is 2.94. The number of carbonyl (C=O) groups excluding carboxylic acids is 1. The Kier molecular flexibility index (Phi) is 3.52. The predicted octanol–water partition coefficient (Wildman–Crippen LogP) is 3.80. The quantitative estimate of drug-likeness (QED) is 0.832. The van der Waals surface area contributed by atoms with Crippen LogP contribution in [0.25, 0.3) is 0 Å². The summed E-state index contributed by atoms with van der Waals surface area (Å²) in [6.45, 7) is 0. The second-order valence-electron chi connectivity index (χ2n) is 5.92. The van der Waals surface area contributed by atoms with Gasteiger partial charge in [-0.25, -0.2) is 0 Å². The number of hydrogen-bond donors (Lipinski definition) is 2. The van der Waals surface area contributed by atoms with Crippen LogP contribution in [0, 0.1) is 17.8 Å². The van der Waals surface area contributed by atoms with Crippen LogP contribution in [-0.4, -0.2) is 5.91 Å². The van der Waals surface area contributed by atoms with Gasteiger partial charge in [0.05, 0.1) is 11.4 Å². The first kappa shape index (κ1) is 13.0. The van der Waals surface area contributed by atoms with Crippen LogP contribution in [0.15, 0.2) is 22.7 Å². The normalized spacial score (nSPS) is 28.6. The van der Waals surface area contributed by atoms with Gasteiger partial charge in [-0.3, -0.25) is 4.79 Å². The van der Waals surface area contributed by atoms with Crippen LogP contribution in [-0.2, 0) is 4.79 Å². The van der Waals surface area contributed by atoms with Gasteiger partial charge in [-0.15, -0.1) is 0 Å². The van der Waals surface area contributed by atoms with Crippen molar-refractivity contribution < 1.29 is 4.79 Å². The molecule has 1 aromatic carbocycles. The standard InChI is InChI=1S/C15H19BrN2O/c16-12-3-4-14(13(17)8-12)18-15(19)7-11-6-9-1-2-10(11)5-9/h3-4,8-11H,1-2,5-7,17H2,(H,18,19). The van der Waals surface area contributed by atoms with Crippen molar-refractivity contribution in [2.24, 2.45) is 17.8 Å². The van der Waals surface area contributed by atoms with Crippen molar-refractivity contribution in [3.8, 4) is 0 Å². The fourth-order valence-corrected chi connectivity index (χ4v) is 4.09. The topological polar surface area (TPSA) is 55.1 Å². The van der Waals surface area contributed by atoms with Crippen molar-refractivity contribution in [2.45, 2.75) is 32.1 Å². The van der Waals surface area contributed by atoms with E-state index in [9.17, 15) is 4.79 Å². The number of benzene rings is 1. The Morgan fingerprint density at radius 2 is 2.21 bits per heavy atom. The van der Waals surface area contributed by atoms with Gasteiger partial charge in [0, 0.05) is 10.9 Å². The van der Waals surface area contributed by atoms with Crippen LogP contribution in [0.2, 0.25) is 0 Å². The van der Waals surface area contributed by atoms with Gasteiger partial charge in [0.1, 0.15) is 0 Å². The van der Waals surface area contributed by atoms with Gasteiger partial charge >= 0.3 is 0 Å². The van der Waals surface area contributed by atoms with E-state index >= 15 is 0 Å². The van der Waals surface area contributed by atoms with Crippen molar-refractivity contribution in [1.29, 1.82) is 0 Å². The number of anilines is 2. The Morgan fingerprint density at radius 3 is 2.84 bits per heavy atom. The zero-order valence-electron chi connectivity index (χ0n) is 10.9. The van der Waals surface area contributed by atoms with Gasteiger partial charge in [-0.05, 0) is 55.2 Å². The Balaban J connectivity index is 1.59. The summed E-state index contributed by atoms with van der Waals surface area (Å²) >= 11 is 3.36. The van der Waals surface area contributed by atoms with Gasteiger partial charge in [0.2, 0.25) is 5.91 Å². The maximum Gasteiger partial charge on any atom is 0.224 e. The lowest BCUT2D eigenvalue weighted by molar-refractivity contribution is -0.117. The number of hydrogen-bond acceptors (Lipinski definition) is 2. The van der Waals surface area contributed by atoms with Crippen molar-refractivity contribution in [2.75, 3.05) is 11.1 Å². The van der Waals surface area contributed by atoms with Crippen LogP contribution in [0.3, 0.4) is 0 Å². The first-order chi connectivity index (χ1) is 9.11. The van der Waals surface area contributed by atoms with E-state index in [2.05, 4.69) is 21.2 Å². The third-order valence-corrected chi connectivity index (χ3v) is 5.11. The summed E-state index contributed by atoms with van der Waals surface area (Å²) in [4.78, 5) is 12.1. The first-order valence-corrected chi connectivity index (χ1v) is 7.76. The molecular formula is C15H19BrN2O. The molecule has 3 unspecified atom stereocenters. The summed E-state index contributed by atoms with van der Waals surface area (Å²) in [6.07, 6.45) is 5.94. The molecule has 2 saturated carbocycles. The molecule has 2 fully saturated rings. The Bertz CT molecular complexity index is 503. The molecule has 1 amide bonds. The average molecular weight is 323 g/mol. The van der Waals surface area contributed by atoms with E-state index in [1.165, 1.54) is 25.7 Å². The van der Waals surface area contributed by atoms with E-state index in [-0.39, 0.29) is 5.91 Å². The van der Waals surface area contributed by atoms with E-state index < -0.39 is 0 Å². The fourth-order valence-electron chi connectivity index (χ4n) is 3.71. The molecule has 3 N–H and O–H groups in total. The van der Waals surface area contributed by atoms with Gasteiger partial charge < -0.3 is 11.1 Å². The van der Waals surface area contributed by atoms with E-state index in [1.54, 1.807) is 0 Å². The van der Waals surface area contributed by atoms with E-state index in [0.29, 0.717) is 18.0 Å². The number of amides is 1. The molecule has 0 aliphatic heterocycles. The maximum atomic E-state index is 12.1. The zero-order chi connectivity index (χ0) is 13.4. The van der Waals surface area contributed by atoms with E-state index in [0.717, 1.165) is 22.0 Å². The minimum absolute atomic E-state index is 0.103. The molecule has 0 heterocycles. The molecule has 2 bridgehead atoms. The average Bonchev–Trinajstić information content (AvgIpc) is 2.95. The summed E-state index contributed by atoms with van der Waals surface area (Å²) in [7, 11) is 0. The smallest absolute Gasteiger partial charge is 0.224 e. The predicted molar refractivity (Wildman–Crippen MR) is 80.7 cm³/mol. The highest BCUT2D eigenvalue weighted by molar-refractivity contribution is 9.10. The number of nitrogens with one attached hydrogen (secondary N) is 1. The molecule has 3 atom stereocenters. The SMILES string of the molecule is Nc1cc(Br)ccc1NC(=O)CC1CC2CCC1C2. The first-order valence-electron chi connectivity index (χ1n) is 6.96. The summed E-state index contributed by atoms with van der Waals surface area (Å²) in [5.74, 6) is 2.38. The minimum atomic E-state index is 0.103. The summed E-state index contributed by atoms with van der Waals surface area (Å²) in [6, 6.07) is 5.55. The van der Waals surface area contributed by atoms with Gasteiger partial charge in [-0.1, -0.05) is 22.4 Å². The van der Waals surface area contributed by atoms with Crippen molar-refractivity contribution in [1.82, 2.24) is 0 Å². The molecule has 102 valence electrons. The number of fused-ring (bicyclic) bond motifs is 2. The number of nitrogen functional groups attached to an aromatic ring is 1. The lowest BCUT2D eigenvalue weighted by Crippen LogP contribution is -2.20. The molecule has 3 rings (SSSR count). The molecule has 0 radical (unpaired) electrons. The van der Waals surface area contributed by atoms with E-state index in [4.69, 9.17) is 5.73 Å². The molecule has 19 heavy (non-hydrogen) atoms. The molecular weight excluding hydrogens is 304 g/mol. The lowest BCUT2D eigenvalue weighted by Gasteiger charge is -2.21. The number of carbonyl (C=O) groups is 1. The minimum Gasteiger partial charge on any atom is -0.397 e. The zero-order valence-corrected chi connectivity index (χ0v) is 12.4. The van der Waals surface area contributed by atoms with Crippen LogP contribution in [0.5, 0.6) is 0 Å². The number of rotatable bonds is 3. The van der Waals surface area contributed by atoms with E-state index in [1.807, 2.05) is 18.2 Å². The van der Waals surface area contributed by atoms with Crippen LogP contribution in [0.1, 0.15) is 32.1 Å². The third-order valence-electron chi connectivity index (χ3n) is 4.62. The van der Waals surface area contributed by atoms with Gasteiger partial charge in [-0.2, -0.15) is 0 Å². The molecule has 1 aromatic rings. The van der Waals surface area contributed by atoms with Crippen molar-refractivity contribution in [3.05, 3.63) is 22.7 Å².